The quantitative estimate of drug-likeness (QED) is 0.600. The molecule has 1 heterocycles. The molecule has 1 aliphatic heterocycles. The molecule has 1 saturated carbocycles. The summed E-state index contributed by atoms with van der Waals surface area (Å²) in [6.45, 7) is 2.21. The minimum absolute atomic E-state index is 0.454. The zero-order valence-electron chi connectivity index (χ0n) is 9.78. The highest BCUT2D eigenvalue weighted by Crippen LogP contribution is 2.58. The van der Waals surface area contributed by atoms with Crippen LogP contribution in [0.15, 0.2) is 18.2 Å². The summed E-state index contributed by atoms with van der Waals surface area (Å²) >= 11 is 0. The lowest BCUT2D eigenvalue weighted by molar-refractivity contribution is 0.237. The molecule has 0 aromatic heterocycles. The molecule has 0 radical (unpaired) electrons. The maximum absolute atomic E-state index is 5.91. The van der Waals surface area contributed by atoms with Crippen LogP contribution in [-0.4, -0.2) is 6.10 Å². The molecule has 1 nitrogen and oxygen atoms in total. The monoisotopic (exact) mass is 214 g/mol. The third kappa shape index (κ3) is 1.15. The number of hydrogen-bond acceptors (Lipinski definition) is 1. The van der Waals surface area contributed by atoms with Gasteiger partial charge in [-0.25, -0.2) is 0 Å². The zero-order chi connectivity index (χ0) is 10.7. The first kappa shape index (κ1) is 9.23. The molecule has 4 atom stereocenters. The molecule has 0 bridgehead atoms. The minimum atomic E-state index is 0.454. The average Bonchev–Trinajstić information content (AvgIpc) is 3.09. The molecular weight excluding hydrogens is 196 g/mol. The van der Waals surface area contributed by atoms with Crippen LogP contribution in [0.2, 0.25) is 0 Å². The largest absolute Gasteiger partial charge is 0.364 e. The van der Waals surface area contributed by atoms with Crippen molar-refractivity contribution in [2.75, 3.05) is 0 Å². The van der Waals surface area contributed by atoms with Crippen LogP contribution in [0, 0.1) is 12.8 Å². The lowest BCUT2D eigenvalue weighted by Crippen LogP contribution is -2.27. The Morgan fingerprint density at radius 1 is 1.12 bits per heavy atom. The highest BCUT2D eigenvalue weighted by Gasteiger charge is 2.54. The molecule has 0 N–H and O–H groups in total. The number of benzene rings is 1. The molecule has 84 valence electrons. The molecule has 0 amide bonds. The summed E-state index contributed by atoms with van der Waals surface area (Å²) in [7, 11) is 0. The van der Waals surface area contributed by atoms with Gasteiger partial charge in [0.05, 0.1) is 6.10 Å². The van der Waals surface area contributed by atoms with E-state index in [4.69, 9.17) is 4.74 Å². The third-order valence-corrected chi connectivity index (χ3v) is 4.72. The van der Waals surface area contributed by atoms with E-state index < -0.39 is 0 Å². The number of rotatable bonds is 0. The Labute approximate surface area is 96.8 Å². The summed E-state index contributed by atoms with van der Waals surface area (Å²) in [6, 6.07) is 6.96. The van der Waals surface area contributed by atoms with Crippen molar-refractivity contribution < 1.29 is 4.74 Å². The molecule has 1 heteroatoms. The summed E-state index contributed by atoms with van der Waals surface area (Å²) in [5, 5.41) is 0. The first-order valence-corrected chi connectivity index (χ1v) is 6.60. The summed E-state index contributed by atoms with van der Waals surface area (Å²) in [4.78, 5) is 0. The third-order valence-electron chi connectivity index (χ3n) is 4.72. The molecule has 4 rings (SSSR count). The van der Waals surface area contributed by atoms with E-state index in [1.165, 1.54) is 36.8 Å². The fourth-order valence-electron chi connectivity index (χ4n) is 3.91. The Bertz CT molecular complexity index is 437. The fourth-order valence-corrected chi connectivity index (χ4v) is 3.91. The van der Waals surface area contributed by atoms with Crippen LogP contribution in [-0.2, 0) is 4.74 Å². The maximum atomic E-state index is 5.91. The van der Waals surface area contributed by atoms with Gasteiger partial charge >= 0.3 is 0 Å². The van der Waals surface area contributed by atoms with Gasteiger partial charge < -0.3 is 4.74 Å². The highest BCUT2D eigenvalue weighted by molar-refractivity contribution is 5.42. The standard InChI is InChI=1S/C15H18O/c1-9-6-7-12-13(8-9)10-4-2-3-5-11(10)14-15(12)16-14/h6-8,10-11,14-15H,2-5H2,1H3/t10-,11+,14+,15-/m1/s1. The van der Waals surface area contributed by atoms with Crippen LogP contribution in [0.3, 0.4) is 0 Å². The maximum Gasteiger partial charge on any atom is 0.110 e. The zero-order valence-corrected chi connectivity index (χ0v) is 9.78. The Kier molecular flexibility index (Phi) is 1.79. The van der Waals surface area contributed by atoms with Crippen LogP contribution >= 0.6 is 0 Å². The van der Waals surface area contributed by atoms with E-state index in [1.54, 1.807) is 5.56 Å². The van der Waals surface area contributed by atoms with Gasteiger partial charge in [0, 0.05) is 0 Å². The number of ether oxygens (including phenoxy) is 1. The summed E-state index contributed by atoms with van der Waals surface area (Å²) in [5.41, 5.74) is 4.52. The molecule has 0 unspecified atom stereocenters. The van der Waals surface area contributed by atoms with Gasteiger partial charge in [0.25, 0.3) is 0 Å². The summed E-state index contributed by atoms with van der Waals surface area (Å²) < 4.78 is 5.91. The Morgan fingerprint density at radius 3 is 2.94 bits per heavy atom. The number of epoxide rings is 1. The van der Waals surface area contributed by atoms with E-state index in [0.717, 1.165) is 11.8 Å². The molecule has 1 aromatic rings. The molecule has 1 aromatic carbocycles. The van der Waals surface area contributed by atoms with Gasteiger partial charge in [0.2, 0.25) is 0 Å². The van der Waals surface area contributed by atoms with Crippen LogP contribution in [0.4, 0.5) is 0 Å². The van der Waals surface area contributed by atoms with E-state index in [0.29, 0.717) is 12.2 Å². The van der Waals surface area contributed by atoms with Crippen molar-refractivity contribution in [3.63, 3.8) is 0 Å². The van der Waals surface area contributed by atoms with Gasteiger partial charge in [-0.1, -0.05) is 36.6 Å². The second-order valence-corrected chi connectivity index (χ2v) is 5.71. The van der Waals surface area contributed by atoms with Crippen molar-refractivity contribution in [2.24, 2.45) is 5.92 Å². The molecular formula is C15H18O. The predicted molar refractivity (Wildman–Crippen MR) is 63.5 cm³/mol. The first-order valence-electron chi connectivity index (χ1n) is 6.60. The van der Waals surface area contributed by atoms with Crippen LogP contribution in [0.1, 0.15) is 54.4 Å². The number of hydrogen-bond donors (Lipinski definition) is 0. The molecule has 1 saturated heterocycles. The normalized spacial score (nSPS) is 39.6. The Balaban J connectivity index is 1.84. The fraction of sp³-hybridized carbons (Fsp3) is 0.600. The Hall–Kier alpha value is -0.820. The predicted octanol–water partition coefficient (Wildman–Crippen LogP) is 3.72. The molecule has 2 fully saturated rings. The molecule has 16 heavy (non-hydrogen) atoms. The Morgan fingerprint density at radius 2 is 2.00 bits per heavy atom. The van der Waals surface area contributed by atoms with Crippen molar-refractivity contribution in [2.45, 2.75) is 50.7 Å². The van der Waals surface area contributed by atoms with Gasteiger partial charge in [-0.2, -0.15) is 0 Å². The second kappa shape index (κ2) is 3.10. The summed E-state index contributed by atoms with van der Waals surface area (Å²) in [6.07, 6.45) is 6.61. The highest BCUT2D eigenvalue weighted by atomic mass is 16.6. The van der Waals surface area contributed by atoms with Crippen molar-refractivity contribution in [3.8, 4) is 0 Å². The smallest absolute Gasteiger partial charge is 0.110 e. The van der Waals surface area contributed by atoms with Crippen molar-refractivity contribution in [1.29, 1.82) is 0 Å². The topological polar surface area (TPSA) is 12.5 Å². The van der Waals surface area contributed by atoms with E-state index in [-0.39, 0.29) is 0 Å². The number of aryl methyl sites for hydroxylation is 1. The first-order chi connectivity index (χ1) is 7.84. The van der Waals surface area contributed by atoms with Crippen LogP contribution in [0.25, 0.3) is 0 Å². The van der Waals surface area contributed by atoms with Crippen molar-refractivity contribution >= 4 is 0 Å². The van der Waals surface area contributed by atoms with E-state index in [9.17, 15) is 0 Å². The van der Waals surface area contributed by atoms with Crippen molar-refractivity contribution in [1.82, 2.24) is 0 Å². The average molecular weight is 214 g/mol. The number of fused-ring (bicyclic) bond motifs is 6. The SMILES string of the molecule is Cc1ccc2c(c1)[C@@H]1CCCC[C@@H]1[C@@H]1O[C@H]21. The second-order valence-electron chi connectivity index (χ2n) is 5.71. The lowest BCUT2D eigenvalue weighted by Gasteiger charge is -2.35. The van der Waals surface area contributed by atoms with E-state index in [1.807, 2.05) is 0 Å². The summed E-state index contributed by atoms with van der Waals surface area (Å²) in [5.74, 6) is 1.63. The van der Waals surface area contributed by atoms with Gasteiger partial charge in [0.1, 0.15) is 6.10 Å². The molecule has 3 aliphatic rings. The van der Waals surface area contributed by atoms with Crippen LogP contribution < -0.4 is 0 Å². The lowest BCUT2D eigenvalue weighted by atomic mass is 9.68. The minimum Gasteiger partial charge on any atom is -0.364 e. The van der Waals surface area contributed by atoms with Gasteiger partial charge in [-0.05, 0) is 42.7 Å². The van der Waals surface area contributed by atoms with Crippen LogP contribution in [0.5, 0.6) is 0 Å². The van der Waals surface area contributed by atoms with Gasteiger partial charge in [-0.3, -0.25) is 0 Å². The molecule has 0 spiro atoms. The van der Waals surface area contributed by atoms with Crippen molar-refractivity contribution in [3.05, 3.63) is 34.9 Å². The van der Waals surface area contributed by atoms with Gasteiger partial charge in [-0.15, -0.1) is 0 Å². The van der Waals surface area contributed by atoms with Gasteiger partial charge in [0.15, 0.2) is 0 Å². The van der Waals surface area contributed by atoms with E-state index >= 15 is 0 Å². The molecule has 2 aliphatic carbocycles. The van der Waals surface area contributed by atoms with E-state index in [2.05, 4.69) is 25.1 Å².